The maximum Gasteiger partial charge on any atom is 0.254 e. The average Bonchev–Trinajstić information content (AvgIpc) is 2.34. The average molecular weight is 125 g/mol. The Morgan fingerprint density at radius 2 is 2.78 bits per heavy atom. The van der Waals surface area contributed by atoms with E-state index in [-0.39, 0.29) is 0 Å². The van der Waals surface area contributed by atoms with Gasteiger partial charge in [-0.15, -0.1) is 0 Å². The number of hydrogen-bond donors (Lipinski definition) is 0. The van der Waals surface area contributed by atoms with E-state index in [1.165, 1.54) is 6.26 Å². The van der Waals surface area contributed by atoms with Crippen LogP contribution in [-0.2, 0) is 0 Å². The number of ether oxygens (including phenoxy) is 1. The zero-order valence-corrected chi connectivity index (χ0v) is 4.91. The Hall–Kier alpha value is -1.25. The van der Waals surface area contributed by atoms with Gasteiger partial charge in [-0.25, -0.2) is 0 Å². The van der Waals surface area contributed by atoms with Gasteiger partial charge in [0.25, 0.3) is 5.88 Å². The highest BCUT2D eigenvalue weighted by atomic mass is 16.5. The molecule has 0 bridgehead atoms. The summed E-state index contributed by atoms with van der Waals surface area (Å²) in [5.74, 6) is 0.495. The molecule has 0 amide bonds. The van der Waals surface area contributed by atoms with E-state index < -0.39 is 0 Å². The maximum atomic E-state index is 4.97. The summed E-state index contributed by atoms with van der Waals surface area (Å²) in [5.41, 5.74) is 0. The molecule has 0 saturated carbocycles. The highest BCUT2D eigenvalue weighted by Gasteiger charge is 1.91. The Labute approximate surface area is 52.9 Å². The third-order valence-electron chi connectivity index (χ3n) is 0.763. The second-order valence-corrected chi connectivity index (χ2v) is 1.44. The Morgan fingerprint density at radius 3 is 3.33 bits per heavy atom. The number of aromatic nitrogens is 1. The first kappa shape index (κ1) is 5.88. The maximum absolute atomic E-state index is 4.97. The fraction of sp³-hybridized carbons (Fsp3) is 0.167. The van der Waals surface area contributed by atoms with Gasteiger partial charge in [-0.1, -0.05) is 12.7 Å². The van der Waals surface area contributed by atoms with Gasteiger partial charge in [-0.05, 0) is 5.16 Å². The molecule has 0 aromatic carbocycles. The molecule has 0 saturated heterocycles. The van der Waals surface area contributed by atoms with E-state index in [9.17, 15) is 0 Å². The van der Waals surface area contributed by atoms with E-state index in [1.807, 2.05) is 0 Å². The van der Waals surface area contributed by atoms with Gasteiger partial charge in [0.05, 0.1) is 0 Å². The molecule has 3 heteroatoms. The highest BCUT2D eigenvalue weighted by molar-refractivity contribution is 5.02. The van der Waals surface area contributed by atoms with Crippen molar-refractivity contribution in [2.75, 3.05) is 6.61 Å². The van der Waals surface area contributed by atoms with Gasteiger partial charge in [0.2, 0.25) is 0 Å². The molecule has 1 rings (SSSR count). The van der Waals surface area contributed by atoms with Crippen LogP contribution < -0.4 is 4.74 Å². The van der Waals surface area contributed by atoms with Crippen molar-refractivity contribution in [2.24, 2.45) is 0 Å². The SMILES string of the molecule is C=CCOc1ccon1. The smallest absolute Gasteiger partial charge is 0.254 e. The molecule has 0 unspecified atom stereocenters. The molecule has 1 aromatic rings. The van der Waals surface area contributed by atoms with Crippen molar-refractivity contribution in [3.05, 3.63) is 25.0 Å². The van der Waals surface area contributed by atoms with Gasteiger partial charge < -0.3 is 9.26 Å². The number of rotatable bonds is 3. The fourth-order valence-corrected chi connectivity index (χ4v) is 0.420. The van der Waals surface area contributed by atoms with Gasteiger partial charge in [-0.3, -0.25) is 0 Å². The summed E-state index contributed by atoms with van der Waals surface area (Å²) in [7, 11) is 0. The van der Waals surface area contributed by atoms with Crippen LogP contribution in [0.2, 0.25) is 0 Å². The van der Waals surface area contributed by atoms with Gasteiger partial charge in [0.15, 0.2) is 0 Å². The van der Waals surface area contributed by atoms with E-state index in [4.69, 9.17) is 4.74 Å². The topological polar surface area (TPSA) is 35.3 Å². The van der Waals surface area contributed by atoms with Crippen LogP contribution in [0, 0.1) is 0 Å². The Kier molecular flexibility index (Phi) is 1.90. The first-order chi connectivity index (χ1) is 4.43. The summed E-state index contributed by atoms with van der Waals surface area (Å²) in [4.78, 5) is 0. The molecule has 0 aliphatic carbocycles. The lowest BCUT2D eigenvalue weighted by molar-refractivity contribution is 0.310. The molecule has 0 spiro atoms. The Balaban J connectivity index is 2.38. The Morgan fingerprint density at radius 1 is 1.89 bits per heavy atom. The van der Waals surface area contributed by atoms with Gasteiger partial charge in [0, 0.05) is 6.07 Å². The summed E-state index contributed by atoms with van der Waals surface area (Å²) in [6, 6.07) is 1.64. The molecule has 0 fully saturated rings. The third-order valence-corrected chi connectivity index (χ3v) is 0.763. The number of nitrogens with zero attached hydrogens (tertiary/aromatic N) is 1. The van der Waals surface area contributed by atoms with Crippen molar-refractivity contribution in [1.82, 2.24) is 5.16 Å². The molecule has 1 heterocycles. The van der Waals surface area contributed by atoms with Gasteiger partial charge >= 0.3 is 0 Å². The lowest BCUT2D eigenvalue weighted by Gasteiger charge is -1.92. The van der Waals surface area contributed by atoms with E-state index in [0.717, 1.165) is 0 Å². The van der Waals surface area contributed by atoms with Crippen molar-refractivity contribution in [1.29, 1.82) is 0 Å². The van der Waals surface area contributed by atoms with Gasteiger partial charge in [-0.2, -0.15) is 0 Å². The minimum absolute atomic E-state index is 0.465. The normalized spacial score (nSPS) is 8.89. The number of hydrogen-bond acceptors (Lipinski definition) is 3. The molecule has 0 aliphatic heterocycles. The van der Waals surface area contributed by atoms with Crippen LogP contribution in [0.4, 0.5) is 0 Å². The monoisotopic (exact) mass is 125 g/mol. The van der Waals surface area contributed by atoms with Crippen LogP contribution >= 0.6 is 0 Å². The zero-order chi connectivity index (χ0) is 6.53. The minimum atomic E-state index is 0.465. The minimum Gasteiger partial charge on any atom is -0.471 e. The van der Waals surface area contributed by atoms with Crippen molar-refractivity contribution in [3.8, 4) is 5.88 Å². The second kappa shape index (κ2) is 2.91. The molecule has 9 heavy (non-hydrogen) atoms. The third kappa shape index (κ3) is 1.60. The standard InChI is InChI=1S/C6H7NO2/c1-2-4-8-6-3-5-9-7-6/h2-3,5H,1,4H2. The van der Waals surface area contributed by atoms with Crippen LogP contribution in [0.1, 0.15) is 0 Å². The van der Waals surface area contributed by atoms with Gasteiger partial charge in [0.1, 0.15) is 12.9 Å². The van der Waals surface area contributed by atoms with Crippen molar-refractivity contribution in [2.45, 2.75) is 0 Å². The molecule has 0 N–H and O–H groups in total. The lowest BCUT2D eigenvalue weighted by Crippen LogP contribution is -1.91. The summed E-state index contributed by atoms with van der Waals surface area (Å²) in [6.07, 6.45) is 3.10. The van der Waals surface area contributed by atoms with Crippen molar-refractivity contribution in [3.63, 3.8) is 0 Å². The zero-order valence-electron chi connectivity index (χ0n) is 4.91. The predicted octanol–water partition coefficient (Wildman–Crippen LogP) is 1.24. The summed E-state index contributed by atoms with van der Waals surface area (Å²) >= 11 is 0. The van der Waals surface area contributed by atoms with Crippen molar-refractivity contribution >= 4 is 0 Å². The quantitative estimate of drug-likeness (QED) is 0.570. The molecule has 3 nitrogen and oxygen atoms in total. The molecule has 0 radical (unpaired) electrons. The fourth-order valence-electron chi connectivity index (χ4n) is 0.420. The van der Waals surface area contributed by atoms with Crippen LogP contribution in [0.25, 0.3) is 0 Å². The summed E-state index contributed by atoms with van der Waals surface area (Å²) in [6.45, 7) is 3.94. The first-order valence-electron chi connectivity index (χ1n) is 2.57. The lowest BCUT2D eigenvalue weighted by atomic mass is 10.6. The molecule has 0 atom stereocenters. The summed E-state index contributed by atoms with van der Waals surface area (Å²) < 4.78 is 9.47. The first-order valence-corrected chi connectivity index (χ1v) is 2.57. The predicted molar refractivity (Wildman–Crippen MR) is 32.2 cm³/mol. The second-order valence-electron chi connectivity index (χ2n) is 1.44. The largest absolute Gasteiger partial charge is 0.471 e. The molecule has 0 aliphatic rings. The van der Waals surface area contributed by atoms with Crippen LogP contribution in [0.15, 0.2) is 29.5 Å². The van der Waals surface area contributed by atoms with E-state index >= 15 is 0 Å². The van der Waals surface area contributed by atoms with E-state index in [1.54, 1.807) is 12.1 Å². The van der Waals surface area contributed by atoms with Crippen LogP contribution in [-0.4, -0.2) is 11.8 Å². The van der Waals surface area contributed by atoms with Crippen LogP contribution in [0.5, 0.6) is 5.88 Å². The van der Waals surface area contributed by atoms with E-state index in [0.29, 0.717) is 12.5 Å². The van der Waals surface area contributed by atoms with Crippen molar-refractivity contribution < 1.29 is 9.26 Å². The van der Waals surface area contributed by atoms with Crippen LogP contribution in [0.3, 0.4) is 0 Å². The molecular formula is C6H7NO2. The Bertz CT molecular complexity index is 169. The van der Waals surface area contributed by atoms with E-state index in [2.05, 4.69) is 16.3 Å². The highest BCUT2D eigenvalue weighted by Crippen LogP contribution is 2.03. The molecule has 48 valence electrons. The molecule has 1 aromatic heterocycles. The molecular weight excluding hydrogens is 118 g/mol. The summed E-state index contributed by atoms with van der Waals surface area (Å²) in [5, 5.41) is 3.51.